The lowest BCUT2D eigenvalue weighted by Crippen LogP contribution is -2.41. The molecule has 1 aromatic heterocycles. The quantitative estimate of drug-likeness (QED) is 0.512. The van der Waals surface area contributed by atoms with Crippen molar-refractivity contribution in [3.63, 3.8) is 0 Å². The van der Waals surface area contributed by atoms with Gasteiger partial charge < -0.3 is 14.2 Å². The smallest absolute Gasteiger partial charge is 0.148 e. The maximum absolute atomic E-state index is 6.55. The summed E-state index contributed by atoms with van der Waals surface area (Å²) >= 11 is 6.16. The van der Waals surface area contributed by atoms with Crippen LogP contribution in [0.25, 0.3) is 0 Å². The molecule has 0 saturated carbocycles. The van der Waals surface area contributed by atoms with Crippen LogP contribution in [-0.2, 0) is 16.9 Å². The van der Waals surface area contributed by atoms with Crippen molar-refractivity contribution in [2.75, 3.05) is 40.3 Å². The molecule has 2 atom stereocenters. The second kappa shape index (κ2) is 10.8. The number of piperidine rings is 1. The lowest BCUT2D eigenvalue weighted by atomic mass is 9.94. The first-order chi connectivity index (χ1) is 14.4. The van der Waals surface area contributed by atoms with Crippen molar-refractivity contribution in [2.24, 2.45) is 0 Å². The standard InChI is InChI=1S/C24H37ClN4O/c1-20(28-15-6-5-7-16-28)19-29-17-13-26-23(29)24(2,30-18-8-14-27(3)4)21-9-11-22(25)12-10-21/h9-13,17,20H,5-8,14-16,18-19H2,1-4H3. The predicted molar refractivity (Wildman–Crippen MR) is 124 cm³/mol. The monoisotopic (exact) mass is 432 g/mol. The zero-order valence-corrected chi connectivity index (χ0v) is 19.7. The maximum Gasteiger partial charge on any atom is 0.148 e. The van der Waals surface area contributed by atoms with E-state index >= 15 is 0 Å². The van der Waals surface area contributed by atoms with Crippen molar-refractivity contribution in [1.29, 1.82) is 0 Å². The number of hydrogen-bond acceptors (Lipinski definition) is 4. The lowest BCUT2D eigenvalue weighted by molar-refractivity contribution is -0.0165. The summed E-state index contributed by atoms with van der Waals surface area (Å²) in [5.74, 6) is 0.957. The molecule has 0 N–H and O–H groups in total. The molecule has 2 aromatic rings. The topological polar surface area (TPSA) is 33.5 Å². The molecule has 1 aliphatic heterocycles. The van der Waals surface area contributed by atoms with Gasteiger partial charge in [-0.15, -0.1) is 0 Å². The van der Waals surface area contributed by atoms with E-state index < -0.39 is 5.60 Å². The molecule has 1 saturated heterocycles. The van der Waals surface area contributed by atoms with Gasteiger partial charge in [0.05, 0.1) is 0 Å². The third-order valence-corrected chi connectivity index (χ3v) is 6.40. The molecule has 0 aliphatic carbocycles. The minimum Gasteiger partial charge on any atom is -0.363 e. The van der Waals surface area contributed by atoms with Crippen LogP contribution in [0.2, 0.25) is 5.02 Å². The summed E-state index contributed by atoms with van der Waals surface area (Å²) in [6.07, 6.45) is 8.93. The zero-order chi connectivity index (χ0) is 21.6. The zero-order valence-electron chi connectivity index (χ0n) is 19.0. The molecule has 2 heterocycles. The molecule has 0 bridgehead atoms. The highest BCUT2D eigenvalue weighted by molar-refractivity contribution is 6.30. The van der Waals surface area contributed by atoms with Crippen molar-refractivity contribution in [1.82, 2.24) is 19.4 Å². The van der Waals surface area contributed by atoms with E-state index in [0.717, 1.165) is 35.9 Å². The highest BCUT2D eigenvalue weighted by Gasteiger charge is 2.35. The van der Waals surface area contributed by atoms with Gasteiger partial charge in [0.2, 0.25) is 0 Å². The van der Waals surface area contributed by atoms with Gasteiger partial charge in [0, 0.05) is 36.6 Å². The van der Waals surface area contributed by atoms with E-state index in [4.69, 9.17) is 21.3 Å². The minimum absolute atomic E-state index is 0.474. The predicted octanol–water partition coefficient (Wildman–Crippen LogP) is 4.64. The summed E-state index contributed by atoms with van der Waals surface area (Å²) in [6, 6.07) is 8.45. The summed E-state index contributed by atoms with van der Waals surface area (Å²) in [7, 11) is 4.18. The van der Waals surface area contributed by atoms with E-state index in [1.165, 1.54) is 32.4 Å². The van der Waals surface area contributed by atoms with Gasteiger partial charge in [0.25, 0.3) is 0 Å². The highest BCUT2D eigenvalue weighted by atomic mass is 35.5. The minimum atomic E-state index is -0.623. The van der Waals surface area contributed by atoms with E-state index in [1.807, 2.05) is 18.3 Å². The second-order valence-corrected chi connectivity index (χ2v) is 9.33. The van der Waals surface area contributed by atoms with Crippen molar-refractivity contribution < 1.29 is 4.74 Å². The first-order valence-electron chi connectivity index (χ1n) is 11.2. The average Bonchev–Trinajstić information content (AvgIpc) is 3.21. The second-order valence-electron chi connectivity index (χ2n) is 8.89. The number of imidazole rings is 1. The van der Waals surface area contributed by atoms with E-state index in [-0.39, 0.29) is 0 Å². The van der Waals surface area contributed by atoms with Crippen LogP contribution in [0.5, 0.6) is 0 Å². The van der Waals surface area contributed by atoms with E-state index in [9.17, 15) is 0 Å². The molecule has 1 aromatic carbocycles. The number of hydrogen-bond donors (Lipinski definition) is 0. The van der Waals surface area contributed by atoms with Crippen molar-refractivity contribution in [3.8, 4) is 0 Å². The molecule has 3 rings (SSSR count). The Hall–Kier alpha value is -1.40. The molecule has 1 aliphatic rings. The molecule has 0 amide bonds. The third-order valence-electron chi connectivity index (χ3n) is 6.15. The molecule has 2 unspecified atom stereocenters. The van der Waals surface area contributed by atoms with E-state index in [1.54, 1.807) is 0 Å². The maximum atomic E-state index is 6.55. The van der Waals surface area contributed by atoms with Gasteiger partial charge in [0.1, 0.15) is 11.4 Å². The number of halogens is 1. The summed E-state index contributed by atoms with van der Waals surface area (Å²) in [5.41, 5.74) is 0.456. The first kappa shape index (κ1) is 23.3. The van der Waals surface area contributed by atoms with Crippen molar-refractivity contribution in [2.45, 2.75) is 57.7 Å². The largest absolute Gasteiger partial charge is 0.363 e. The summed E-state index contributed by atoms with van der Waals surface area (Å²) in [6.45, 7) is 9.44. The van der Waals surface area contributed by atoms with E-state index in [0.29, 0.717) is 12.6 Å². The van der Waals surface area contributed by atoms with Gasteiger partial charge in [-0.2, -0.15) is 0 Å². The summed E-state index contributed by atoms with van der Waals surface area (Å²) in [4.78, 5) is 9.56. The van der Waals surface area contributed by atoms with Crippen LogP contribution >= 0.6 is 11.6 Å². The number of benzene rings is 1. The number of aromatic nitrogens is 2. The molecule has 5 nitrogen and oxygen atoms in total. The Balaban J connectivity index is 1.82. The molecule has 0 spiro atoms. The van der Waals surface area contributed by atoms with Gasteiger partial charge in [-0.25, -0.2) is 4.98 Å². The van der Waals surface area contributed by atoms with Gasteiger partial charge in [-0.1, -0.05) is 30.2 Å². The molecular weight excluding hydrogens is 396 g/mol. The Labute approximate surface area is 187 Å². The highest BCUT2D eigenvalue weighted by Crippen LogP contribution is 2.33. The van der Waals surface area contributed by atoms with Gasteiger partial charge in [-0.05, 0) is 84.5 Å². The Morgan fingerprint density at radius 2 is 1.87 bits per heavy atom. The average molecular weight is 433 g/mol. The number of rotatable bonds is 10. The van der Waals surface area contributed by atoms with Crippen LogP contribution in [0.4, 0.5) is 0 Å². The first-order valence-corrected chi connectivity index (χ1v) is 11.6. The van der Waals surface area contributed by atoms with Crippen LogP contribution in [0.15, 0.2) is 36.7 Å². The van der Waals surface area contributed by atoms with Crippen LogP contribution in [0.3, 0.4) is 0 Å². The Bertz CT molecular complexity index is 770. The van der Waals surface area contributed by atoms with Gasteiger partial charge in [-0.3, -0.25) is 4.90 Å². The van der Waals surface area contributed by atoms with Gasteiger partial charge >= 0.3 is 0 Å². The summed E-state index contributed by atoms with van der Waals surface area (Å²) in [5, 5.41) is 0.732. The van der Waals surface area contributed by atoms with E-state index in [2.05, 4.69) is 60.6 Å². The van der Waals surface area contributed by atoms with Crippen LogP contribution in [0, 0.1) is 0 Å². The van der Waals surface area contributed by atoms with Crippen LogP contribution in [-0.4, -0.2) is 65.7 Å². The molecule has 30 heavy (non-hydrogen) atoms. The van der Waals surface area contributed by atoms with Crippen LogP contribution in [0.1, 0.15) is 50.9 Å². The fourth-order valence-electron chi connectivity index (χ4n) is 4.33. The Morgan fingerprint density at radius 3 is 2.53 bits per heavy atom. The number of likely N-dealkylation sites (tertiary alicyclic amines) is 1. The molecular formula is C24H37ClN4O. The number of nitrogens with zero attached hydrogens (tertiary/aromatic N) is 4. The fraction of sp³-hybridized carbons (Fsp3) is 0.625. The Morgan fingerprint density at radius 1 is 1.17 bits per heavy atom. The van der Waals surface area contributed by atoms with Crippen LogP contribution < -0.4 is 0 Å². The third kappa shape index (κ3) is 5.85. The van der Waals surface area contributed by atoms with Crippen molar-refractivity contribution in [3.05, 3.63) is 53.1 Å². The SMILES string of the molecule is CC(Cn1ccnc1C(C)(OCCCN(C)C)c1ccc(Cl)cc1)N1CCCCC1. The Kier molecular flexibility index (Phi) is 8.35. The lowest BCUT2D eigenvalue weighted by Gasteiger charge is -2.35. The summed E-state index contributed by atoms with van der Waals surface area (Å²) < 4.78 is 8.83. The molecule has 1 fully saturated rings. The fourth-order valence-corrected chi connectivity index (χ4v) is 4.46. The number of ether oxygens (including phenoxy) is 1. The molecule has 166 valence electrons. The van der Waals surface area contributed by atoms with Crippen molar-refractivity contribution >= 4 is 11.6 Å². The molecule has 6 heteroatoms. The molecule has 0 radical (unpaired) electrons. The van der Waals surface area contributed by atoms with Gasteiger partial charge in [0.15, 0.2) is 0 Å². The normalized spacial score (nSPS) is 18.5.